The fourth-order valence-electron chi connectivity index (χ4n) is 3.66. The molecule has 4 rings (SSSR count). The predicted molar refractivity (Wildman–Crippen MR) is 119 cm³/mol. The minimum absolute atomic E-state index is 0.0604. The number of hydrogen-bond donors (Lipinski definition) is 2. The largest absolute Gasteiger partial charge is 0.478 e. The number of likely N-dealkylation sites (tertiary alicyclic amines) is 1. The summed E-state index contributed by atoms with van der Waals surface area (Å²) in [5.41, 5.74) is 2.46. The highest BCUT2D eigenvalue weighted by Crippen LogP contribution is 2.19. The number of benzene rings is 1. The van der Waals surface area contributed by atoms with E-state index in [-0.39, 0.29) is 11.9 Å². The van der Waals surface area contributed by atoms with Gasteiger partial charge in [-0.25, -0.2) is 9.78 Å². The van der Waals surface area contributed by atoms with E-state index in [1.165, 1.54) is 6.08 Å². The Kier molecular flexibility index (Phi) is 6.12. The van der Waals surface area contributed by atoms with Gasteiger partial charge in [-0.15, -0.1) is 0 Å². The molecule has 1 amide bonds. The number of anilines is 1. The van der Waals surface area contributed by atoms with Crippen molar-refractivity contribution in [2.24, 2.45) is 0 Å². The van der Waals surface area contributed by atoms with Gasteiger partial charge in [0, 0.05) is 55.0 Å². The number of rotatable bonds is 6. The molecule has 0 saturated carbocycles. The third-order valence-electron chi connectivity index (χ3n) is 5.36. The van der Waals surface area contributed by atoms with Crippen LogP contribution in [0.2, 0.25) is 0 Å². The standard InChI is InChI=1S/C24H24N4O3/c29-23(30)10-4-18-3-9-22(25-17-18)26-20-11-15-28(16-12-20)24(31)19-5-7-21(8-6-19)27-13-1-2-14-27/h1-10,13-14,17,20H,11-12,15-16H2,(H,25,26)(H,29,30). The van der Waals surface area contributed by atoms with Crippen molar-refractivity contribution in [1.82, 2.24) is 14.5 Å². The van der Waals surface area contributed by atoms with Gasteiger partial charge in [-0.2, -0.15) is 0 Å². The van der Waals surface area contributed by atoms with Gasteiger partial charge in [0.15, 0.2) is 0 Å². The summed E-state index contributed by atoms with van der Waals surface area (Å²) in [7, 11) is 0. The normalized spacial score (nSPS) is 14.6. The second-order valence-corrected chi connectivity index (χ2v) is 7.50. The van der Waals surface area contributed by atoms with Gasteiger partial charge in [0.05, 0.1) is 0 Å². The van der Waals surface area contributed by atoms with E-state index >= 15 is 0 Å². The smallest absolute Gasteiger partial charge is 0.328 e. The first kappa shape index (κ1) is 20.4. The van der Waals surface area contributed by atoms with Crippen LogP contribution in [0.15, 0.2) is 73.2 Å². The SMILES string of the molecule is O=C(O)C=Cc1ccc(NC2CCN(C(=O)c3ccc(-n4cccc4)cc3)CC2)nc1. The van der Waals surface area contributed by atoms with Crippen LogP contribution in [0.4, 0.5) is 5.82 Å². The molecule has 0 atom stereocenters. The number of nitrogens with zero attached hydrogens (tertiary/aromatic N) is 3. The molecule has 31 heavy (non-hydrogen) atoms. The number of nitrogens with one attached hydrogen (secondary N) is 1. The summed E-state index contributed by atoms with van der Waals surface area (Å²) in [6.45, 7) is 1.38. The highest BCUT2D eigenvalue weighted by Gasteiger charge is 2.23. The highest BCUT2D eigenvalue weighted by atomic mass is 16.4. The lowest BCUT2D eigenvalue weighted by atomic mass is 10.0. The summed E-state index contributed by atoms with van der Waals surface area (Å²) in [4.78, 5) is 29.7. The summed E-state index contributed by atoms with van der Waals surface area (Å²) in [6.07, 6.45) is 9.87. The Bertz CT molecular complexity index is 1050. The second-order valence-electron chi connectivity index (χ2n) is 7.50. The fourth-order valence-corrected chi connectivity index (χ4v) is 3.66. The first-order valence-corrected chi connectivity index (χ1v) is 10.2. The molecule has 1 saturated heterocycles. The fraction of sp³-hybridized carbons (Fsp3) is 0.208. The van der Waals surface area contributed by atoms with E-state index in [1.54, 1.807) is 6.20 Å². The average molecular weight is 416 g/mol. The lowest BCUT2D eigenvalue weighted by Gasteiger charge is -2.32. The second kappa shape index (κ2) is 9.30. The van der Waals surface area contributed by atoms with Crippen molar-refractivity contribution in [3.63, 3.8) is 0 Å². The van der Waals surface area contributed by atoms with Crippen molar-refractivity contribution in [2.45, 2.75) is 18.9 Å². The molecular weight excluding hydrogens is 392 g/mol. The van der Waals surface area contributed by atoms with Crippen molar-refractivity contribution in [2.75, 3.05) is 18.4 Å². The number of piperidine rings is 1. The summed E-state index contributed by atoms with van der Waals surface area (Å²) >= 11 is 0. The van der Waals surface area contributed by atoms with Crippen molar-refractivity contribution in [1.29, 1.82) is 0 Å². The van der Waals surface area contributed by atoms with Gasteiger partial charge in [-0.3, -0.25) is 4.79 Å². The zero-order valence-corrected chi connectivity index (χ0v) is 17.0. The number of hydrogen-bond acceptors (Lipinski definition) is 4. The number of carbonyl (C=O) groups excluding carboxylic acids is 1. The molecule has 3 heterocycles. The van der Waals surface area contributed by atoms with Gasteiger partial charge in [-0.1, -0.05) is 0 Å². The quantitative estimate of drug-likeness (QED) is 0.599. The molecule has 2 N–H and O–H groups in total. The Morgan fingerprint density at radius 3 is 2.35 bits per heavy atom. The molecule has 3 aromatic rings. The summed E-state index contributed by atoms with van der Waals surface area (Å²) < 4.78 is 2.01. The lowest BCUT2D eigenvalue weighted by Crippen LogP contribution is -2.42. The summed E-state index contributed by atoms with van der Waals surface area (Å²) in [6, 6.07) is 15.5. The van der Waals surface area contributed by atoms with E-state index in [2.05, 4.69) is 10.3 Å². The third kappa shape index (κ3) is 5.19. The molecular formula is C24H24N4O3. The number of aliphatic carboxylic acids is 1. The molecule has 0 aliphatic carbocycles. The summed E-state index contributed by atoms with van der Waals surface area (Å²) in [5.74, 6) is -0.177. The molecule has 7 nitrogen and oxygen atoms in total. The highest BCUT2D eigenvalue weighted by molar-refractivity contribution is 5.94. The van der Waals surface area contributed by atoms with Crippen molar-refractivity contribution >= 4 is 23.8 Å². The molecule has 7 heteroatoms. The molecule has 158 valence electrons. The molecule has 0 spiro atoms. The summed E-state index contributed by atoms with van der Waals surface area (Å²) in [5, 5.41) is 12.1. The van der Waals surface area contributed by atoms with E-state index in [4.69, 9.17) is 5.11 Å². The zero-order valence-electron chi connectivity index (χ0n) is 17.0. The van der Waals surface area contributed by atoms with E-state index < -0.39 is 5.97 Å². The molecule has 1 aliphatic heterocycles. The Morgan fingerprint density at radius 2 is 1.74 bits per heavy atom. The maximum atomic E-state index is 12.8. The van der Waals surface area contributed by atoms with Crippen molar-refractivity contribution < 1.29 is 14.7 Å². The van der Waals surface area contributed by atoms with E-state index in [9.17, 15) is 9.59 Å². The van der Waals surface area contributed by atoms with Gasteiger partial charge in [-0.05, 0) is 73.0 Å². The maximum Gasteiger partial charge on any atom is 0.328 e. The Balaban J connectivity index is 1.29. The first-order chi connectivity index (χ1) is 15.1. The molecule has 1 aromatic carbocycles. The van der Waals surface area contributed by atoms with Crippen LogP contribution in [0.5, 0.6) is 0 Å². The van der Waals surface area contributed by atoms with Crippen molar-refractivity contribution in [3.8, 4) is 5.69 Å². The van der Waals surface area contributed by atoms with Crippen LogP contribution in [0.25, 0.3) is 11.8 Å². The number of carbonyl (C=O) groups is 2. The maximum absolute atomic E-state index is 12.8. The first-order valence-electron chi connectivity index (χ1n) is 10.2. The Morgan fingerprint density at radius 1 is 1.03 bits per heavy atom. The number of aromatic nitrogens is 2. The molecule has 0 unspecified atom stereocenters. The molecule has 1 aliphatic rings. The van der Waals surface area contributed by atoms with Crippen LogP contribution in [0, 0.1) is 0 Å². The molecule has 2 aromatic heterocycles. The van der Waals surface area contributed by atoms with E-state index in [1.807, 2.05) is 70.4 Å². The van der Waals surface area contributed by atoms with Gasteiger partial charge in [0.2, 0.25) is 0 Å². The minimum Gasteiger partial charge on any atom is -0.478 e. The van der Waals surface area contributed by atoms with Gasteiger partial charge < -0.3 is 19.9 Å². The number of amides is 1. The van der Waals surface area contributed by atoms with E-state index in [0.29, 0.717) is 18.7 Å². The molecule has 0 radical (unpaired) electrons. The van der Waals surface area contributed by atoms with Crippen molar-refractivity contribution in [3.05, 3.63) is 84.3 Å². The molecule has 1 fully saturated rings. The van der Waals surface area contributed by atoms with Gasteiger partial charge >= 0.3 is 5.97 Å². The topological polar surface area (TPSA) is 87.5 Å². The Labute approximate surface area is 180 Å². The monoisotopic (exact) mass is 416 g/mol. The van der Waals surface area contributed by atoms with Crippen LogP contribution in [0.3, 0.4) is 0 Å². The number of carboxylic acid groups (broad SMARTS) is 1. The van der Waals surface area contributed by atoms with Crippen LogP contribution < -0.4 is 5.32 Å². The lowest BCUT2D eigenvalue weighted by molar-refractivity contribution is -0.131. The zero-order chi connectivity index (χ0) is 21.6. The van der Waals surface area contributed by atoms with Crippen LogP contribution >= 0.6 is 0 Å². The number of carboxylic acids is 1. The number of pyridine rings is 1. The van der Waals surface area contributed by atoms with Gasteiger partial charge in [0.25, 0.3) is 5.91 Å². The molecule has 0 bridgehead atoms. The minimum atomic E-state index is -0.986. The van der Waals surface area contributed by atoms with Crippen LogP contribution in [-0.2, 0) is 4.79 Å². The third-order valence-corrected chi connectivity index (χ3v) is 5.36. The van der Waals surface area contributed by atoms with Gasteiger partial charge in [0.1, 0.15) is 5.82 Å². The van der Waals surface area contributed by atoms with Crippen LogP contribution in [-0.4, -0.2) is 50.6 Å². The average Bonchev–Trinajstić information content (AvgIpc) is 3.34. The van der Waals surface area contributed by atoms with Crippen LogP contribution in [0.1, 0.15) is 28.8 Å². The predicted octanol–water partition coefficient (Wildman–Crippen LogP) is 3.69. The van der Waals surface area contributed by atoms with E-state index in [0.717, 1.165) is 36.0 Å². The Hall–Kier alpha value is -3.87.